The highest BCUT2D eigenvalue weighted by Crippen LogP contribution is 2.28. The second-order valence-electron chi connectivity index (χ2n) is 3.98. The van der Waals surface area contributed by atoms with Crippen LogP contribution >= 0.6 is 23.2 Å². The lowest BCUT2D eigenvalue weighted by molar-refractivity contribution is -0.147. The maximum absolute atomic E-state index is 11.6. The highest BCUT2D eigenvalue weighted by Gasteiger charge is 2.17. The number of hydrogen-bond donors (Lipinski definition) is 3. The summed E-state index contributed by atoms with van der Waals surface area (Å²) in [7, 11) is 1.25. The van der Waals surface area contributed by atoms with E-state index in [4.69, 9.17) is 28.3 Å². The van der Waals surface area contributed by atoms with E-state index in [0.717, 1.165) is 5.56 Å². The zero-order valence-electron chi connectivity index (χ0n) is 10.9. The Morgan fingerprint density at radius 3 is 2.55 bits per heavy atom. The first-order valence-electron chi connectivity index (χ1n) is 5.61. The van der Waals surface area contributed by atoms with E-state index in [0.29, 0.717) is 15.7 Å². The standard InChI is InChI=1S/C12H14Cl2N2O4/c1-6-3-8(14)9(4-7(6)13)16-12(19)15-5-10(20-2)11(17)18/h3-4,10H,5H2,1-2H3,(H,17,18)(H2,15,16,19). The summed E-state index contributed by atoms with van der Waals surface area (Å²) in [6.07, 6.45) is -1.11. The zero-order valence-corrected chi connectivity index (χ0v) is 12.4. The van der Waals surface area contributed by atoms with E-state index in [1.165, 1.54) is 13.2 Å². The van der Waals surface area contributed by atoms with Gasteiger partial charge in [0.2, 0.25) is 0 Å². The normalized spacial score (nSPS) is 11.8. The summed E-state index contributed by atoms with van der Waals surface area (Å²) in [5.74, 6) is -1.16. The number of halogens is 2. The van der Waals surface area contributed by atoms with Crippen LogP contribution in [0.3, 0.4) is 0 Å². The molecule has 0 aliphatic rings. The molecule has 0 spiro atoms. The molecule has 0 saturated heterocycles. The van der Waals surface area contributed by atoms with Crippen LogP contribution in [0.25, 0.3) is 0 Å². The van der Waals surface area contributed by atoms with Gasteiger partial charge in [-0.05, 0) is 24.6 Å². The molecule has 8 heteroatoms. The van der Waals surface area contributed by atoms with E-state index >= 15 is 0 Å². The topological polar surface area (TPSA) is 87.7 Å². The summed E-state index contributed by atoms with van der Waals surface area (Å²) < 4.78 is 4.68. The molecule has 0 radical (unpaired) electrons. The van der Waals surface area contributed by atoms with Crippen molar-refractivity contribution in [1.29, 1.82) is 0 Å². The number of urea groups is 1. The Morgan fingerprint density at radius 1 is 1.35 bits per heavy atom. The van der Waals surface area contributed by atoms with Crippen molar-refractivity contribution in [2.75, 3.05) is 19.0 Å². The van der Waals surface area contributed by atoms with Gasteiger partial charge in [0.05, 0.1) is 17.3 Å². The number of aliphatic carboxylic acids is 1. The molecule has 0 aliphatic heterocycles. The summed E-state index contributed by atoms with van der Waals surface area (Å²) in [4.78, 5) is 22.3. The molecule has 0 saturated carbocycles. The molecule has 110 valence electrons. The number of carboxylic acids is 1. The molecule has 0 bridgehead atoms. The maximum atomic E-state index is 11.6. The van der Waals surface area contributed by atoms with Crippen LogP contribution in [-0.4, -0.2) is 36.9 Å². The number of ether oxygens (including phenoxy) is 1. The number of amides is 2. The molecule has 6 nitrogen and oxygen atoms in total. The Balaban J connectivity index is 2.63. The van der Waals surface area contributed by atoms with E-state index in [-0.39, 0.29) is 6.54 Å². The third-order valence-corrected chi connectivity index (χ3v) is 3.22. The number of carbonyl (C=O) groups excluding carboxylic acids is 1. The highest BCUT2D eigenvalue weighted by atomic mass is 35.5. The van der Waals surface area contributed by atoms with E-state index in [9.17, 15) is 9.59 Å². The fourth-order valence-electron chi connectivity index (χ4n) is 1.37. The summed E-state index contributed by atoms with van der Waals surface area (Å²) in [5, 5.41) is 14.4. The first-order valence-corrected chi connectivity index (χ1v) is 6.36. The van der Waals surface area contributed by atoms with Gasteiger partial charge >= 0.3 is 12.0 Å². The molecule has 1 aromatic rings. The van der Waals surface area contributed by atoms with Gasteiger partial charge in [0, 0.05) is 12.1 Å². The van der Waals surface area contributed by atoms with Gasteiger partial charge in [0.15, 0.2) is 6.10 Å². The second kappa shape index (κ2) is 7.33. The molecular formula is C12H14Cl2N2O4. The molecule has 1 atom stereocenters. The van der Waals surface area contributed by atoms with Crippen LogP contribution in [0.4, 0.5) is 10.5 Å². The van der Waals surface area contributed by atoms with E-state index in [1.807, 2.05) is 0 Å². The Morgan fingerprint density at radius 2 is 2.00 bits per heavy atom. The van der Waals surface area contributed by atoms with Crippen LogP contribution in [-0.2, 0) is 9.53 Å². The lowest BCUT2D eigenvalue weighted by Gasteiger charge is -2.13. The highest BCUT2D eigenvalue weighted by molar-refractivity contribution is 6.36. The predicted molar refractivity (Wildman–Crippen MR) is 76.7 cm³/mol. The van der Waals surface area contributed by atoms with Gasteiger partial charge in [-0.2, -0.15) is 0 Å². The number of benzene rings is 1. The molecule has 1 aromatic carbocycles. The monoisotopic (exact) mass is 320 g/mol. The Bertz CT molecular complexity index is 522. The van der Waals surface area contributed by atoms with Crippen LogP contribution < -0.4 is 10.6 Å². The average molecular weight is 321 g/mol. The van der Waals surface area contributed by atoms with Crippen molar-refractivity contribution in [3.05, 3.63) is 27.7 Å². The largest absolute Gasteiger partial charge is 0.479 e. The number of rotatable bonds is 5. The number of carboxylic acid groups (broad SMARTS) is 1. The first-order chi connectivity index (χ1) is 9.35. The van der Waals surface area contributed by atoms with Gasteiger partial charge in [0.25, 0.3) is 0 Å². The van der Waals surface area contributed by atoms with Gasteiger partial charge < -0.3 is 20.5 Å². The molecule has 2 amide bonds. The third kappa shape index (κ3) is 4.56. The van der Waals surface area contributed by atoms with Gasteiger partial charge in [-0.1, -0.05) is 23.2 Å². The molecule has 0 aromatic heterocycles. The first kappa shape index (κ1) is 16.6. The quantitative estimate of drug-likeness (QED) is 0.777. The Hall–Kier alpha value is -1.50. The van der Waals surface area contributed by atoms with Crippen molar-refractivity contribution >= 4 is 40.9 Å². The van der Waals surface area contributed by atoms with E-state index in [1.54, 1.807) is 13.0 Å². The molecule has 0 heterocycles. The minimum atomic E-state index is -1.16. The van der Waals surface area contributed by atoms with Crippen LogP contribution in [0.2, 0.25) is 10.0 Å². The van der Waals surface area contributed by atoms with Crippen molar-refractivity contribution in [2.45, 2.75) is 13.0 Å². The van der Waals surface area contributed by atoms with Gasteiger partial charge in [-0.25, -0.2) is 9.59 Å². The third-order valence-electron chi connectivity index (χ3n) is 2.50. The molecule has 1 rings (SSSR count). The summed E-state index contributed by atoms with van der Waals surface area (Å²) >= 11 is 11.9. The number of aryl methyl sites for hydroxylation is 1. The van der Waals surface area contributed by atoms with Crippen molar-refractivity contribution in [3.63, 3.8) is 0 Å². The molecule has 1 unspecified atom stereocenters. The molecular weight excluding hydrogens is 307 g/mol. The minimum absolute atomic E-state index is 0.172. The number of anilines is 1. The molecule has 20 heavy (non-hydrogen) atoms. The average Bonchev–Trinajstić information content (AvgIpc) is 2.36. The fourth-order valence-corrected chi connectivity index (χ4v) is 1.79. The smallest absolute Gasteiger partial charge is 0.334 e. The van der Waals surface area contributed by atoms with Gasteiger partial charge in [-0.3, -0.25) is 0 Å². The number of nitrogens with one attached hydrogen (secondary N) is 2. The van der Waals surface area contributed by atoms with Crippen LogP contribution in [0.5, 0.6) is 0 Å². The Labute approximate surface area is 126 Å². The summed E-state index contributed by atoms with van der Waals surface area (Å²) in [6.45, 7) is 1.61. The van der Waals surface area contributed by atoms with E-state index < -0.39 is 18.1 Å². The second-order valence-corrected chi connectivity index (χ2v) is 4.79. The number of methoxy groups -OCH3 is 1. The summed E-state index contributed by atoms with van der Waals surface area (Å²) in [5.41, 5.74) is 1.12. The molecule has 3 N–H and O–H groups in total. The van der Waals surface area contributed by atoms with Crippen molar-refractivity contribution in [1.82, 2.24) is 5.32 Å². The SMILES string of the molecule is COC(CNC(=O)Nc1cc(Cl)c(C)cc1Cl)C(=O)O. The van der Waals surface area contributed by atoms with Crippen molar-refractivity contribution in [2.24, 2.45) is 0 Å². The van der Waals surface area contributed by atoms with E-state index in [2.05, 4.69) is 15.4 Å². The zero-order chi connectivity index (χ0) is 15.3. The molecule has 0 aliphatic carbocycles. The predicted octanol–water partition coefficient (Wildman–Crippen LogP) is 2.52. The van der Waals surface area contributed by atoms with Crippen molar-refractivity contribution < 1.29 is 19.4 Å². The number of carbonyl (C=O) groups is 2. The lowest BCUT2D eigenvalue weighted by atomic mass is 10.2. The van der Waals surface area contributed by atoms with Gasteiger partial charge in [-0.15, -0.1) is 0 Å². The lowest BCUT2D eigenvalue weighted by Crippen LogP contribution is -2.39. The minimum Gasteiger partial charge on any atom is -0.479 e. The fraction of sp³-hybridized carbons (Fsp3) is 0.333. The summed E-state index contributed by atoms with van der Waals surface area (Å²) in [6, 6.07) is 2.54. The molecule has 0 fully saturated rings. The van der Waals surface area contributed by atoms with Crippen LogP contribution in [0.1, 0.15) is 5.56 Å². The van der Waals surface area contributed by atoms with Crippen LogP contribution in [0.15, 0.2) is 12.1 Å². The van der Waals surface area contributed by atoms with Crippen molar-refractivity contribution in [3.8, 4) is 0 Å². The van der Waals surface area contributed by atoms with Gasteiger partial charge in [0.1, 0.15) is 0 Å². The maximum Gasteiger partial charge on any atom is 0.334 e. The van der Waals surface area contributed by atoms with Crippen LogP contribution in [0, 0.1) is 6.92 Å². The Kier molecular flexibility index (Phi) is 6.06. The number of hydrogen-bond acceptors (Lipinski definition) is 3.